The molecule has 0 unspecified atom stereocenters. The van der Waals surface area contributed by atoms with Crippen LogP contribution < -0.4 is 14.8 Å². The summed E-state index contributed by atoms with van der Waals surface area (Å²) in [5.41, 5.74) is 4.28. The van der Waals surface area contributed by atoms with Gasteiger partial charge in [-0.1, -0.05) is 36.4 Å². The zero-order valence-corrected chi connectivity index (χ0v) is 20.2. The van der Waals surface area contributed by atoms with Crippen LogP contribution in [0.4, 0.5) is 4.39 Å². The van der Waals surface area contributed by atoms with Crippen molar-refractivity contribution >= 4 is 5.97 Å². The zero-order valence-electron chi connectivity index (χ0n) is 20.2. The third-order valence-corrected chi connectivity index (χ3v) is 6.67. The van der Waals surface area contributed by atoms with Gasteiger partial charge in [0.25, 0.3) is 0 Å². The van der Waals surface area contributed by atoms with Crippen molar-refractivity contribution in [1.82, 2.24) is 5.32 Å². The molecule has 0 aromatic heterocycles. The molecule has 6 heteroatoms. The summed E-state index contributed by atoms with van der Waals surface area (Å²) in [5.74, 6) is 0.0121. The number of methoxy groups -OCH3 is 1. The summed E-state index contributed by atoms with van der Waals surface area (Å²) in [5, 5.41) is 13.0. The number of fused-ring (bicyclic) bond motifs is 1. The van der Waals surface area contributed by atoms with Crippen LogP contribution in [0.3, 0.4) is 0 Å². The number of benzene rings is 3. The second-order valence-electron chi connectivity index (χ2n) is 9.06. The standard InChI is InChI=1S/C29H32FNO4/c1-19-9-11-21(17-24(19)29(32)33)25-18-22(35-27-8-4-3-7-23(25)27)6-5-14-31-15-13-20-10-12-26(30)28(16-20)34-2/h3-4,7-12,16-17,22,25,31H,5-6,13-15,18H2,1-2H3,(H,32,33)/t22-,25+/m1/s1. The Labute approximate surface area is 205 Å². The van der Waals surface area contributed by atoms with Crippen molar-refractivity contribution in [2.24, 2.45) is 0 Å². The molecule has 0 amide bonds. The predicted octanol–water partition coefficient (Wildman–Crippen LogP) is 5.74. The number of aryl methyl sites for hydroxylation is 1. The van der Waals surface area contributed by atoms with Crippen LogP contribution in [0.1, 0.15) is 57.8 Å². The fraction of sp³-hybridized carbons (Fsp3) is 0.345. The van der Waals surface area contributed by atoms with Crippen LogP contribution in [-0.4, -0.2) is 37.4 Å². The smallest absolute Gasteiger partial charge is 0.335 e. The molecule has 0 saturated carbocycles. The van der Waals surface area contributed by atoms with Gasteiger partial charge in [-0.2, -0.15) is 0 Å². The zero-order chi connectivity index (χ0) is 24.8. The van der Waals surface area contributed by atoms with Gasteiger partial charge in [0, 0.05) is 11.5 Å². The first-order valence-electron chi connectivity index (χ1n) is 12.1. The SMILES string of the molecule is COc1cc(CCNCCC[C@@H]2C[C@@H](c3ccc(C)c(C(=O)O)c3)c3ccccc3O2)ccc1F. The van der Waals surface area contributed by atoms with E-state index >= 15 is 0 Å². The van der Waals surface area contributed by atoms with Crippen molar-refractivity contribution in [3.8, 4) is 11.5 Å². The molecule has 5 nitrogen and oxygen atoms in total. The average Bonchev–Trinajstić information content (AvgIpc) is 2.86. The van der Waals surface area contributed by atoms with E-state index in [1.807, 2.05) is 43.3 Å². The quantitative estimate of drug-likeness (QED) is 0.365. The summed E-state index contributed by atoms with van der Waals surface area (Å²) in [4.78, 5) is 11.7. The molecule has 184 valence electrons. The maximum atomic E-state index is 13.6. The average molecular weight is 478 g/mol. The highest BCUT2D eigenvalue weighted by Crippen LogP contribution is 2.41. The van der Waals surface area contributed by atoms with Gasteiger partial charge in [-0.15, -0.1) is 0 Å². The Bertz CT molecular complexity index is 1180. The van der Waals surface area contributed by atoms with Gasteiger partial charge in [0.2, 0.25) is 0 Å². The number of aromatic carboxylic acids is 1. The van der Waals surface area contributed by atoms with Crippen molar-refractivity contribution in [1.29, 1.82) is 0 Å². The minimum atomic E-state index is -0.897. The molecule has 3 aromatic rings. The van der Waals surface area contributed by atoms with E-state index in [0.717, 1.165) is 66.8 Å². The summed E-state index contributed by atoms with van der Waals surface area (Å²) in [6, 6.07) is 18.8. The van der Waals surface area contributed by atoms with Crippen LogP contribution >= 0.6 is 0 Å². The number of hydrogen-bond acceptors (Lipinski definition) is 4. The monoisotopic (exact) mass is 477 g/mol. The number of halogens is 1. The number of carbonyl (C=O) groups is 1. The Balaban J connectivity index is 1.33. The van der Waals surface area contributed by atoms with Crippen molar-refractivity contribution < 1.29 is 23.8 Å². The molecular formula is C29H32FNO4. The Morgan fingerprint density at radius 1 is 1.14 bits per heavy atom. The molecule has 0 bridgehead atoms. The second kappa shape index (κ2) is 11.4. The lowest BCUT2D eigenvalue weighted by Gasteiger charge is -2.33. The molecule has 35 heavy (non-hydrogen) atoms. The van der Waals surface area contributed by atoms with Gasteiger partial charge < -0.3 is 19.9 Å². The topological polar surface area (TPSA) is 67.8 Å². The molecule has 0 aliphatic carbocycles. The minimum absolute atomic E-state index is 0.0626. The fourth-order valence-electron chi connectivity index (χ4n) is 4.74. The Morgan fingerprint density at radius 3 is 2.77 bits per heavy atom. The van der Waals surface area contributed by atoms with E-state index in [9.17, 15) is 14.3 Å². The summed E-state index contributed by atoms with van der Waals surface area (Å²) in [7, 11) is 1.47. The van der Waals surface area contributed by atoms with Crippen LogP contribution in [0.2, 0.25) is 0 Å². The van der Waals surface area contributed by atoms with E-state index in [-0.39, 0.29) is 23.6 Å². The van der Waals surface area contributed by atoms with Gasteiger partial charge in [-0.05, 0) is 86.7 Å². The highest BCUT2D eigenvalue weighted by molar-refractivity contribution is 5.89. The number of para-hydroxylation sites is 1. The summed E-state index contributed by atoms with van der Waals surface area (Å²) < 4.78 is 24.9. The molecule has 0 radical (unpaired) electrons. The lowest BCUT2D eigenvalue weighted by atomic mass is 9.82. The number of carboxylic acids is 1. The van der Waals surface area contributed by atoms with E-state index in [2.05, 4.69) is 11.4 Å². The van der Waals surface area contributed by atoms with Crippen LogP contribution in [0.15, 0.2) is 60.7 Å². The molecule has 4 rings (SSSR count). The van der Waals surface area contributed by atoms with Gasteiger partial charge in [-0.3, -0.25) is 0 Å². The van der Waals surface area contributed by atoms with Crippen molar-refractivity contribution in [3.05, 3.63) is 94.3 Å². The molecular weight excluding hydrogens is 445 g/mol. The highest BCUT2D eigenvalue weighted by atomic mass is 19.1. The molecule has 0 fully saturated rings. The maximum absolute atomic E-state index is 13.6. The van der Waals surface area contributed by atoms with E-state index in [1.54, 1.807) is 12.1 Å². The highest BCUT2D eigenvalue weighted by Gasteiger charge is 2.29. The normalized spacial score (nSPS) is 16.9. The molecule has 0 saturated heterocycles. The van der Waals surface area contributed by atoms with E-state index in [0.29, 0.717) is 5.56 Å². The molecule has 2 N–H and O–H groups in total. The van der Waals surface area contributed by atoms with Gasteiger partial charge in [0.1, 0.15) is 5.75 Å². The third kappa shape index (κ3) is 6.01. The molecule has 3 aromatic carbocycles. The van der Waals surface area contributed by atoms with Gasteiger partial charge in [-0.25, -0.2) is 9.18 Å². The van der Waals surface area contributed by atoms with E-state index in [4.69, 9.17) is 9.47 Å². The van der Waals surface area contributed by atoms with Gasteiger partial charge in [0.15, 0.2) is 11.6 Å². The first-order chi connectivity index (χ1) is 17.0. The van der Waals surface area contributed by atoms with Crippen molar-refractivity contribution in [2.75, 3.05) is 20.2 Å². The fourth-order valence-corrected chi connectivity index (χ4v) is 4.74. The molecule has 2 atom stereocenters. The summed E-state index contributed by atoms with van der Waals surface area (Å²) >= 11 is 0. The maximum Gasteiger partial charge on any atom is 0.335 e. The predicted molar refractivity (Wildman–Crippen MR) is 134 cm³/mol. The number of carboxylic acid groups (broad SMARTS) is 1. The van der Waals surface area contributed by atoms with Crippen LogP contribution in [0.25, 0.3) is 0 Å². The number of rotatable bonds is 10. The van der Waals surface area contributed by atoms with Crippen LogP contribution in [0, 0.1) is 12.7 Å². The first kappa shape index (κ1) is 24.7. The molecule has 0 spiro atoms. The first-order valence-corrected chi connectivity index (χ1v) is 12.1. The molecule has 1 aliphatic heterocycles. The second-order valence-corrected chi connectivity index (χ2v) is 9.06. The summed E-state index contributed by atoms with van der Waals surface area (Å²) in [6.07, 6.45) is 3.54. The number of hydrogen-bond donors (Lipinski definition) is 2. The van der Waals surface area contributed by atoms with Crippen molar-refractivity contribution in [2.45, 2.75) is 44.6 Å². The molecule has 1 aliphatic rings. The Hall–Kier alpha value is -3.38. The molecule has 1 heterocycles. The third-order valence-electron chi connectivity index (χ3n) is 6.67. The largest absolute Gasteiger partial charge is 0.494 e. The van der Waals surface area contributed by atoms with E-state index < -0.39 is 5.97 Å². The Kier molecular flexibility index (Phi) is 8.03. The van der Waals surface area contributed by atoms with E-state index in [1.165, 1.54) is 13.2 Å². The summed E-state index contributed by atoms with van der Waals surface area (Å²) in [6.45, 7) is 3.48. The lowest BCUT2D eigenvalue weighted by Crippen LogP contribution is -2.28. The number of nitrogens with one attached hydrogen (secondary N) is 1. The van der Waals surface area contributed by atoms with Crippen LogP contribution in [-0.2, 0) is 6.42 Å². The minimum Gasteiger partial charge on any atom is -0.494 e. The van der Waals surface area contributed by atoms with Crippen molar-refractivity contribution in [3.63, 3.8) is 0 Å². The number of ether oxygens (including phenoxy) is 2. The lowest BCUT2D eigenvalue weighted by molar-refractivity contribution is 0.0696. The van der Waals surface area contributed by atoms with Gasteiger partial charge in [0.05, 0.1) is 18.8 Å². The Morgan fingerprint density at radius 2 is 1.97 bits per heavy atom. The van der Waals surface area contributed by atoms with Crippen LogP contribution in [0.5, 0.6) is 11.5 Å². The van der Waals surface area contributed by atoms with Gasteiger partial charge >= 0.3 is 5.97 Å².